The Balaban J connectivity index is 4.61. The van der Waals surface area contributed by atoms with Gasteiger partial charge in [-0.2, -0.15) is 5.12 Å². The van der Waals surface area contributed by atoms with Crippen molar-refractivity contribution < 1.29 is 24.0 Å². The van der Waals surface area contributed by atoms with Crippen LogP contribution in [0.25, 0.3) is 0 Å². The van der Waals surface area contributed by atoms with Gasteiger partial charge in [0.05, 0.1) is 0 Å². The highest BCUT2D eigenvalue weighted by Gasteiger charge is 2.18. The number of hydrogen-bond donors (Lipinski definition) is 4. The minimum Gasteiger partial charge on any atom is -0.339 e. The van der Waals surface area contributed by atoms with Crippen molar-refractivity contribution in [2.24, 2.45) is 0 Å². The standard InChI is InChI=1S/C15H27N5O5/c1-4-7-14(24)19-20(18-13(23)5-2)15(25)9-6-8-12(16-10-21)17-11(3)22/h10,12H,4-9H2,1-3H3,(H,16,21)(H,17,22)(H,18,23)(H,19,24). The molecule has 0 aromatic rings. The van der Waals surface area contributed by atoms with Crippen LogP contribution in [0.2, 0.25) is 0 Å². The summed E-state index contributed by atoms with van der Waals surface area (Å²) in [5.74, 6) is -1.61. The van der Waals surface area contributed by atoms with E-state index in [1.54, 1.807) is 6.92 Å². The van der Waals surface area contributed by atoms with E-state index in [0.29, 0.717) is 25.7 Å². The molecule has 0 rings (SSSR count). The van der Waals surface area contributed by atoms with Crippen LogP contribution in [-0.4, -0.2) is 41.3 Å². The first-order valence-electron chi connectivity index (χ1n) is 8.22. The fourth-order valence-electron chi connectivity index (χ4n) is 1.86. The average Bonchev–Trinajstić information content (AvgIpc) is 2.53. The van der Waals surface area contributed by atoms with Crippen molar-refractivity contribution in [1.82, 2.24) is 26.6 Å². The van der Waals surface area contributed by atoms with Gasteiger partial charge in [-0.25, -0.2) is 10.9 Å². The third-order valence-electron chi connectivity index (χ3n) is 3.05. The first kappa shape index (κ1) is 22.4. The van der Waals surface area contributed by atoms with E-state index in [4.69, 9.17) is 0 Å². The van der Waals surface area contributed by atoms with Crippen molar-refractivity contribution >= 4 is 30.0 Å². The summed E-state index contributed by atoms with van der Waals surface area (Å²) in [5, 5.41) is 5.75. The van der Waals surface area contributed by atoms with E-state index < -0.39 is 18.0 Å². The molecule has 4 N–H and O–H groups in total. The second kappa shape index (κ2) is 12.7. The Morgan fingerprint density at radius 2 is 1.68 bits per heavy atom. The van der Waals surface area contributed by atoms with Crippen LogP contribution < -0.4 is 21.5 Å². The lowest BCUT2D eigenvalue weighted by atomic mass is 10.2. The summed E-state index contributed by atoms with van der Waals surface area (Å²) in [4.78, 5) is 56.9. The third kappa shape index (κ3) is 10.7. The monoisotopic (exact) mass is 357 g/mol. The van der Waals surface area contributed by atoms with Gasteiger partial charge in [-0.1, -0.05) is 13.8 Å². The molecule has 142 valence electrons. The average molecular weight is 357 g/mol. The maximum absolute atomic E-state index is 12.2. The van der Waals surface area contributed by atoms with Crippen LogP contribution in [0.1, 0.15) is 59.3 Å². The number of rotatable bonds is 10. The SMILES string of the molecule is CCCC(=O)NN(NC(=O)CC)C(=O)CCCC(NC=O)NC(C)=O. The quantitative estimate of drug-likeness (QED) is 0.237. The van der Waals surface area contributed by atoms with Crippen molar-refractivity contribution in [1.29, 1.82) is 0 Å². The van der Waals surface area contributed by atoms with Gasteiger partial charge in [-0.3, -0.25) is 24.0 Å². The summed E-state index contributed by atoms with van der Waals surface area (Å²) >= 11 is 0. The minimum absolute atomic E-state index is 0.00697. The number of hydrogen-bond acceptors (Lipinski definition) is 5. The van der Waals surface area contributed by atoms with Gasteiger partial charge in [0, 0.05) is 26.2 Å². The predicted molar refractivity (Wildman–Crippen MR) is 89.0 cm³/mol. The first-order valence-corrected chi connectivity index (χ1v) is 8.22. The first-order chi connectivity index (χ1) is 11.8. The maximum atomic E-state index is 12.2. The fourth-order valence-corrected chi connectivity index (χ4v) is 1.86. The molecule has 0 radical (unpaired) electrons. The van der Waals surface area contributed by atoms with E-state index in [1.165, 1.54) is 6.92 Å². The van der Waals surface area contributed by atoms with Crippen LogP contribution in [0.5, 0.6) is 0 Å². The van der Waals surface area contributed by atoms with E-state index in [-0.39, 0.29) is 31.1 Å². The zero-order valence-corrected chi connectivity index (χ0v) is 14.9. The lowest BCUT2D eigenvalue weighted by molar-refractivity contribution is -0.150. The Morgan fingerprint density at radius 3 is 2.20 bits per heavy atom. The summed E-state index contributed by atoms with van der Waals surface area (Å²) in [5.41, 5.74) is 4.67. The number of carbonyl (C=O) groups excluding carboxylic acids is 5. The molecule has 0 fully saturated rings. The summed E-state index contributed by atoms with van der Waals surface area (Å²) in [6, 6.07) is 0. The van der Waals surface area contributed by atoms with Crippen molar-refractivity contribution in [3.63, 3.8) is 0 Å². The normalized spacial score (nSPS) is 11.0. The second-order valence-electron chi connectivity index (χ2n) is 5.33. The fraction of sp³-hybridized carbons (Fsp3) is 0.667. The van der Waals surface area contributed by atoms with E-state index in [9.17, 15) is 24.0 Å². The lowest BCUT2D eigenvalue weighted by Gasteiger charge is -2.24. The van der Waals surface area contributed by atoms with Gasteiger partial charge in [0.25, 0.3) is 5.91 Å². The van der Waals surface area contributed by atoms with Gasteiger partial charge in [0.2, 0.25) is 24.1 Å². The predicted octanol–water partition coefficient (Wildman–Crippen LogP) is -0.534. The summed E-state index contributed by atoms with van der Waals surface area (Å²) in [6.07, 6.45) is 1.51. The van der Waals surface area contributed by atoms with Gasteiger partial charge in [0.1, 0.15) is 6.17 Å². The van der Waals surface area contributed by atoms with Crippen LogP contribution in [0.15, 0.2) is 0 Å². The van der Waals surface area contributed by atoms with Crippen molar-refractivity contribution in [2.75, 3.05) is 0 Å². The minimum atomic E-state index is -0.587. The van der Waals surface area contributed by atoms with Gasteiger partial charge in [0.15, 0.2) is 0 Å². The van der Waals surface area contributed by atoms with Gasteiger partial charge in [-0.15, -0.1) is 0 Å². The van der Waals surface area contributed by atoms with Gasteiger partial charge in [-0.05, 0) is 19.3 Å². The molecular weight excluding hydrogens is 330 g/mol. The largest absolute Gasteiger partial charge is 0.339 e. The molecule has 0 bridgehead atoms. The molecule has 1 unspecified atom stereocenters. The highest BCUT2D eigenvalue weighted by Crippen LogP contribution is 2.02. The highest BCUT2D eigenvalue weighted by atomic mass is 16.2. The molecule has 0 aromatic heterocycles. The van der Waals surface area contributed by atoms with Gasteiger partial charge >= 0.3 is 0 Å². The summed E-state index contributed by atoms with van der Waals surface area (Å²) < 4.78 is 0. The molecular formula is C15H27N5O5. The molecule has 10 nitrogen and oxygen atoms in total. The molecule has 5 amide bonds. The van der Waals surface area contributed by atoms with Crippen molar-refractivity contribution in [3.8, 4) is 0 Å². The smallest absolute Gasteiger partial charge is 0.260 e. The van der Waals surface area contributed by atoms with Crippen LogP contribution in [-0.2, 0) is 24.0 Å². The van der Waals surface area contributed by atoms with E-state index >= 15 is 0 Å². The number of amides is 5. The van der Waals surface area contributed by atoms with E-state index in [0.717, 1.165) is 5.12 Å². The molecule has 0 aliphatic rings. The van der Waals surface area contributed by atoms with E-state index in [2.05, 4.69) is 21.5 Å². The Hall–Kier alpha value is -2.65. The molecule has 25 heavy (non-hydrogen) atoms. The molecule has 10 heteroatoms. The second-order valence-corrected chi connectivity index (χ2v) is 5.33. The number of hydrazine groups is 2. The van der Waals surface area contributed by atoms with Gasteiger partial charge < -0.3 is 10.6 Å². The van der Waals surface area contributed by atoms with Crippen LogP contribution in [0.4, 0.5) is 0 Å². The van der Waals surface area contributed by atoms with Crippen molar-refractivity contribution in [2.45, 2.75) is 65.5 Å². The Morgan fingerprint density at radius 1 is 1.04 bits per heavy atom. The number of nitrogens with zero attached hydrogens (tertiary/aromatic N) is 1. The summed E-state index contributed by atoms with van der Waals surface area (Å²) in [7, 11) is 0. The molecule has 1 atom stereocenters. The summed E-state index contributed by atoms with van der Waals surface area (Å²) in [6.45, 7) is 4.75. The lowest BCUT2D eigenvalue weighted by Crippen LogP contribution is -2.56. The molecule has 0 aromatic carbocycles. The molecule has 0 heterocycles. The van der Waals surface area contributed by atoms with E-state index in [1.807, 2.05) is 6.92 Å². The number of carbonyl (C=O) groups is 5. The Kier molecular flexibility index (Phi) is 11.4. The van der Waals surface area contributed by atoms with Crippen LogP contribution in [0, 0.1) is 0 Å². The maximum Gasteiger partial charge on any atom is 0.260 e. The number of nitrogens with one attached hydrogen (secondary N) is 4. The molecule has 0 aliphatic heterocycles. The Labute approximate surface area is 147 Å². The van der Waals surface area contributed by atoms with Crippen LogP contribution in [0.3, 0.4) is 0 Å². The molecule has 0 aliphatic carbocycles. The van der Waals surface area contributed by atoms with Crippen LogP contribution >= 0.6 is 0 Å². The Bertz CT molecular complexity index is 483. The molecule has 0 saturated carbocycles. The highest BCUT2D eigenvalue weighted by molar-refractivity contribution is 5.85. The third-order valence-corrected chi connectivity index (χ3v) is 3.05. The zero-order chi connectivity index (χ0) is 19.2. The zero-order valence-electron chi connectivity index (χ0n) is 14.9. The van der Waals surface area contributed by atoms with Crippen molar-refractivity contribution in [3.05, 3.63) is 0 Å². The molecule has 0 spiro atoms. The topological polar surface area (TPSA) is 137 Å². The molecule has 0 saturated heterocycles.